The van der Waals surface area contributed by atoms with Gasteiger partial charge >= 0.3 is 29.8 Å². The fourth-order valence-electron chi connectivity index (χ4n) is 5.03. The van der Waals surface area contributed by atoms with Crippen LogP contribution in [0.15, 0.2) is 130 Å². The summed E-state index contributed by atoms with van der Waals surface area (Å²) < 4.78 is 41.1. The lowest BCUT2D eigenvalue weighted by molar-refractivity contribution is 0.0591. The zero-order valence-corrected chi connectivity index (χ0v) is 42.4. The van der Waals surface area contributed by atoms with Crippen molar-refractivity contribution in [3.05, 3.63) is 163 Å². The first-order chi connectivity index (χ1) is 32.5. The van der Waals surface area contributed by atoms with Gasteiger partial charge in [0.2, 0.25) is 0 Å². The van der Waals surface area contributed by atoms with Crippen LogP contribution in [-0.4, -0.2) is 87.8 Å². The van der Waals surface area contributed by atoms with Gasteiger partial charge in [-0.05, 0) is 171 Å². The second-order valence-corrected chi connectivity index (χ2v) is 16.4. The predicted octanol–water partition coefficient (Wildman–Crippen LogP) is 11.3. The van der Waals surface area contributed by atoms with Crippen molar-refractivity contribution in [2.45, 2.75) is 37.9 Å². The lowest BCUT2D eigenvalue weighted by Gasteiger charge is -2.09. The number of hydrogen-bond acceptors (Lipinski definition) is 15. The molecule has 0 atom stereocenters. The van der Waals surface area contributed by atoms with Crippen LogP contribution in [0.3, 0.4) is 0 Å². The summed E-state index contributed by atoms with van der Waals surface area (Å²) in [4.78, 5) is 55.5. The highest BCUT2D eigenvalue weighted by atomic mass is 79.9. The van der Waals surface area contributed by atoms with Crippen LogP contribution >= 0.6 is 47.8 Å². The summed E-state index contributed by atoms with van der Waals surface area (Å²) in [5.41, 5.74) is 3.17. The van der Waals surface area contributed by atoms with E-state index < -0.39 is 11.9 Å². The first-order valence-corrected chi connectivity index (χ1v) is 22.6. The van der Waals surface area contributed by atoms with E-state index in [9.17, 15) is 24.0 Å². The fourth-order valence-corrected chi connectivity index (χ4v) is 6.35. The molecular formula is C50H49Br3O15. The molecule has 360 valence electrons. The van der Waals surface area contributed by atoms with E-state index in [-0.39, 0.29) is 29.4 Å². The highest BCUT2D eigenvalue weighted by Gasteiger charge is 2.25. The van der Waals surface area contributed by atoms with Crippen molar-refractivity contribution in [3.8, 4) is 28.7 Å². The van der Waals surface area contributed by atoms with Crippen LogP contribution in [0.2, 0.25) is 0 Å². The maximum Gasteiger partial charge on any atom is 0.337 e. The Morgan fingerprint density at radius 1 is 0.485 bits per heavy atom. The average Bonchev–Trinajstić information content (AvgIpc) is 4.32. The highest BCUT2D eigenvalue weighted by molar-refractivity contribution is 9.11. The maximum atomic E-state index is 11.3. The molecule has 0 unspecified atom stereocenters. The minimum Gasteiger partial charge on any atom is -0.508 e. The van der Waals surface area contributed by atoms with Gasteiger partial charge in [0.05, 0.1) is 95.3 Å². The molecule has 68 heavy (non-hydrogen) atoms. The maximum absolute atomic E-state index is 11.3. The Morgan fingerprint density at radius 3 is 1.22 bits per heavy atom. The lowest BCUT2D eigenvalue weighted by atomic mass is 10.1. The van der Waals surface area contributed by atoms with E-state index >= 15 is 0 Å². The van der Waals surface area contributed by atoms with Crippen molar-refractivity contribution in [2.24, 2.45) is 0 Å². The number of carbonyl (C=O) groups excluding carboxylic acids is 5. The molecule has 2 N–H and O–H groups in total. The third-order valence-corrected chi connectivity index (χ3v) is 10.7. The molecule has 2 aliphatic rings. The molecule has 2 saturated carbocycles. The van der Waals surface area contributed by atoms with Gasteiger partial charge in [0, 0.05) is 5.56 Å². The topological polar surface area (TPSA) is 200 Å². The number of benzene rings is 5. The Balaban J connectivity index is 0.000000227. The highest BCUT2D eigenvalue weighted by Crippen LogP contribution is 2.33. The first-order valence-electron chi connectivity index (χ1n) is 20.2. The quantitative estimate of drug-likeness (QED) is 0.0678. The molecule has 2 fully saturated rings. The van der Waals surface area contributed by atoms with Crippen LogP contribution < -0.4 is 14.2 Å². The number of aromatic hydroxyl groups is 2. The number of rotatable bonds is 12. The number of phenolic OH excluding ortho intramolecular Hbond substituents is 2. The molecule has 15 nitrogen and oxygen atoms in total. The van der Waals surface area contributed by atoms with Gasteiger partial charge in [-0.2, -0.15) is 0 Å². The summed E-state index contributed by atoms with van der Waals surface area (Å²) in [6.45, 7) is 7.15. The summed E-state index contributed by atoms with van der Waals surface area (Å²) in [7, 11) is 6.69. The van der Waals surface area contributed by atoms with E-state index in [0.29, 0.717) is 54.7 Å². The van der Waals surface area contributed by atoms with Crippen molar-refractivity contribution >= 4 is 83.7 Å². The molecule has 18 heteroatoms. The largest absolute Gasteiger partial charge is 0.508 e. The van der Waals surface area contributed by atoms with Gasteiger partial charge in [-0.3, -0.25) is 0 Å². The number of ether oxygens (including phenoxy) is 8. The fraction of sp³-hybridized carbons (Fsp3) is 0.220. The number of halogens is 3. The molecule has 0 saturated heterocycles. The minimum atomic E-state index is -0.421. The Morgan fingerprint density at radius 2 is 0.838 bits per heavy atom. The van der Waals surface area contributed by atoms with E-state index in [4.69, 9.17) is 24.4 Å². The van der Waals surface area contributed by atoms with E-state index in [0.717, 1.165) is 47.2 Å². The van der Waals surface area contributed by atoms with Crippen LogP contribution in [0.1, 0.15) is 83.0 Å². The molecule has 5 aromatic rings. The molecule has 0 spiro atoms. The van der Waals surface area contributed by atoms with Crippen LogP contribution in [0.4, 0.5) is 0 Å². The van der Waals surface area contributed by atoms with Gasteiger partial charge in [0.1, 0.15) is 28.7 Å². The Labute approximate surface area is 418 Å². The second kappa shape index (κ2) is 28.5. The van der Waals surface area contributed by atoms with Gasteiger partial charge in [0.15, 0.2) is 0 Å². The Kier molecular flexibility index (Phi) is 23.4. The van der Waals surface area contributed by atoms with Gasteiger partial charge in [-0.1, -0.05) is 19.2 Å². The average molecular weight is 1130 g/mol. The van der Waals surface area contributed by atoms with E-state index in [1.54, 1.807) is 60.7 Å². The zero-order valence-electron chi connectivity index (χ0n) is 37.6. The van der Waals surface area contributed by atoms with Crippen molar-refractivity contribution in [2.75, 3.05) is 35.5 Å². The monoisotopic (exact) mass is 1130 g/mol. The number of esters is 5. The van der Waals surface area contributed by atoms with Crippen molar-refractivity contribution in [1.29, 1.82) is 0 Å². The van der Waals surface area contributed by atoms with Crippen molar-refractivity contribution < 1.29 is 72.1 Å². The van der Waals surface area contributed by atoms with Gasteiger partial charge in [-0.15, -0.1) is 0 Å². The molecular weight excluding hydrogens is 1080 g/mol. The number of carbonyl (C=O) groups is 5. The normalized spacial score (nSPS) is 11.7. The molecule has 0 amide bonds. The summed E-state index contributed by atoms with van der Waals surface area (Å²) in [5.74, 6) is 0.523. The Bertz CT molecular complexity index is 2540. The lowest BCUT2D eigenvalue weighted by Crippen LogP contribution is -2.03. The first kappa shape index (κ1) is 55.7. The summed E-state index contributed by atoms with van der Waals surface area (Å²) >= 11 is 9.72. The minimum absolute atomic E-state index is 0.0997. The second-order valence-electron chi connectivity index (χ2n) is 13.8. The van der Waals surface area contributed by atoms with E-state index in [2.05, 4.69) is 84.6 Å². The third kappa shape index (κ3) is 18.6. The molecule has 0 bridgehead atoms. The third-order valence-electron chi connectivity index (χ3n) is 8.86. The molecule has 5 aromatic carbocycles. The van der Waals surface area contributed by atoms with Crippen LogP contribution in [0.5, 0.6) is 28.7 Å². The number of phenols is 2. The van der Waals surface area contributed by atoms with Crippen LogP contribution in [-0.2, 0) is 23.7 Å². The molecule has 2 aliphatic carbocycles. The molecule has 0 aliphatic heterocycles. The smallest absolute Gasteiger partial charge is 0.337 e. The molecule has 7 rings (SSSR count). The van der Waals surface area contributed by atoms with Crippen molar-refractivity contribution in [3.63, 3.8) is 0 Å². The van der Waals surface area contributed by atoms with E-state index in [1.165, 1.54) is 84.3 Å². The number of methoxy groups -OCH3 is 5. The molecule has 0 radical (unpaired) electrons. The number of hydrogen-bond donors (Lipinski definition) is 2. The van der Waals surface area contributed by atoms with Gasteiger partial charge in [0.25, 0.3) is 0 Å². The summed E-state index contributed by atoms with van der Waals surface area (Å²) in [6, 6.07) is 25.6. The molecule has 0 aromatic heterocycles. The van der Waals surface area contributed by atoms with Gasteiger partial charge in [-0.25, -0.2) is 24.0 Å². The van der Waals surface area contributed by atoms with Crippen LogP contribution in [0.25, 0.3) is 6.08 Å². The standard InChI is InChI=1S/C13H14O3.C11H11BrO3.C10H9BrO3.C8H7BrO3.C8H8O3/c1-3-9-8-10(13(14)15-2)4-7-12(9)16-11-5-6-11;1-14-11(13)7-2-5-10(9(12)6-7)15-8-3-4-8;1-3-14-9-5-4-7(6-8(9)11)10(12)13-2;1-12-8(11)5-2-3-7(10)6(9)4-5;1-11-8(10)6-2-4-7(9)5-3-6/h3-4,7-8,11H,1,5-6H2,2H3;2,5-6,8H,3-4H2,1H3;3-6H,1H2,2H3;2-4,10H,1H3;2-5,9H,1H3. The van der Waals surface area contributed by atoms with Gasteiger partial charge < -0.3 is 48.1 Å². The molecule has 0 heterocycles. The summed E-state index contributed by atoms with van der Waals surface area (Å²) in [6.07, 6.45) is 8.14. The van der Waals surface area contributed by atoms with Crippen LogP contribution in [0, 0.1) is 0 Å². The zero-order chi connectivity index (χ0) is 50.3. The van der Waals surface area contributed by atoms with Crippen molar-refractivity contribution in [1.82, 2.24) is 0 Å². The predicted molar refractivity (Wildman–Crippen MR) is 264 cm³/mol. The Hall–Kier alpha value is -6.63. The SMILES string of the molecule is C=COc1ccc(C(=O)OC)cc1Br.C=Cc1cc(C(=O)OC)ccc1OC1CC1.COC(=O)c1ccc(O)c(Br)c1.COC(=O)c1ccc(O)cc1.COC(=O)c1ccc(OC2CC2)c(Br)c1. The van der Waals surface area contributed by atoms with E-state index in [1.807, 2.05) is 0 Å². The summed E-state index contributed by atoms with van der Waals surface area (Å²) in [5, 5.41) is 18.0.